The van der Waals surface area contributed by atoms with Gasteiger partial charge in [0.15, 0.2) is 0 Å². The molecular weight excluding hydrogens is 340 g/mol. The van der Waals surface area contributed by atoms with Crippen molar-refractivity contribution in [2.24, 2.45) is 0 Å². The first kappa shape index (κ1) is 19.7. The summed E-state index contributed by atoms with van der Waals surface area (Å²) in [6.07, 6.45) is 0.184. The largest absolute Gasteiger partial charge is 0.444 e. The molecule has 0 radical (unpaired) electrons. The van der Waals surface area contributed by atoms with E-state index in [1.807, 2.05) is 34.6 Å². The molecule has 25 heavy (non-hydrogen) atoms. The number of hydrogen-bond acceptors (Lipinski definition) is 4. The van der Waals surface area contributed by atoms with Gasteiger partial charge in [0.2, 0.25) is 10.0 Å². The van der Waals surface area contributed by atoms with Gasteiger partial charge < -0.3 is 9.64 Å². The van der Waals surface area contributed by atoms with Gasteiger partial charge in [-0.25, -0.2) is 13.2 Å². The highest BCUT2D eigenvalue weighted by Gasteiger charge is 2.34. The lowest BCUT2D eigenvalue weighted by Crippen LogP contribution is -2.45. The van der Waals surface area contributed by atoms with Crippen LogP contribution in [0.1, 0.15) is 39.7 Å². The van der Waals surface area contributed by atoms with Crippen molar-refractivity contribution in [3.8, 4) is 0 Å². The highest BCUT2D eigenvalue weighted by atomic mass is 32.2. The molecule has 1 unspecified atom stereocenters. The fourth-order valence-electron chi connectivity index (χ4n) is 2.83. The maximum atomic E-state index is 13.0. The number of benzene rings is 1. The van der Waals surface area contributed by atoms with E-state index in [4.69, 9.17) is 4.74 Å². The van der Waals surface area contributed by atoms with E-state index in [9.17, 15) is 13.2 Å². The van der Waals surface area contributed by atoms with Crippen LogP contribution in [0.15, 0.2) is 29.2 Å². The summed E-state index contributed by atoms with van der Waals surface area (Å²) in [5, 5.41) is 0. The van der Waals surface area contributed by atoms with Gasteiger partial charge in [-0.3, -0.25) is 0 Å². The van der Waals surface area contributed by atoms with Crippen molar-refractivity contribution in [2.45, 2.75) is 57.6 Å². The Balaban J connectivity index is 2.17. The van der Waals surface area contributed by atoms with E-state index in [-0.39, 0.29) is 10.9 Å². The first-order valence-electron chi connectivity index (χ1n) is 8.57. The van der Waals surface area contributed by atoms with Crippen LogP contribution in [-0.4, -0.2) is 55.0 Å². The van der Waals surface area contributed by atoms with E-state index < -0.39 is 21.7 Å². The van der Waals surface area contributed by atoms with Crippen LogP contribution in [0.5, 0.6) is 0 Å². The molecule has 1 saturated heterocycles. The zero-order valence-corrected chi connectivity index (χ0v) is 16.5. The van der Waals surface area contributed by atoms with Crippen LogP contribution in [0.25, 0.3) is 0 Å². The van der Waals surface area contributed by atoms with E-state index in [2.05, 4.69) is 0 Å². The molecule has 1 atom stereocenters. The van der Waals surface area contributed by atoms with E-state index >= 15 is 0 Å². The van der Waals surface area contributed by atoms with Crippen molar-refractivity contribution in [2.75, 3.05) is 19.6 Å². The summed E-state index contributed by atoms with van der Waals surface area (Å²) in [5.41, 5.74) is 0.444. The summed E-state index contributed by atoms with van der Waals surface area (Å²) >= 11 is 0. The number of nitrogens with zero attached hydrogens (tertiary/aromatic N) is 2. The SMILES string of the molecule is Cc1ccc(S(=O)(=O)N2CCCN(C(=O)OC(C)(C)C)CC2C)cc1. The van der Waals surface area contributed by atoms with Crippen LogP contribution in [0.4, 0.5) is 4.79 Å². The van der Waals surface area contributed by atoms with Gasteiger partial charge in [0, 0.05) is 25.7 Å². The number of aryl methyl sites for hydroxylation is 1. The quantitative estimate of drug-likeness (QED) is 0.805. The third kappa shape index (κ3) is 4.95. The minimum atomic E-state index is -3.58. The Morgan fingerprint density at radius 1 is 1.16 bits per heavy atom. The minimum Gasteiger partial charge on any atom is -0.444 e. The number of carbonyl (C=O) groups excluding carboxylic acids is 1. The summed E-state index contributed by atoms with van der Waals surface area (Å²) < 4.78 is 32.8. The summed E-state index contributed by atoms with van der Waals surface area (Å²) in [6.45, 7) is 10.4. The lowest BCUT2D eigenvalue weighted by molar-refractivity contribution is 0.0244. The Morgan fingerprint density at radius 2 is 1.76 bits per heavy atom. The maximum absolute atomic E-state index is 13.0. The van der Waals surface area contributed by atoms with E-state index in [1.54, 1.807) is 29.2 Å². The number of ether oxygens (including phenoxy) is 1. The predicted molar refractivity (Wildman–Crippen MR) is 97.0 cm³/mol. The van der Waals surface area contributed by atoms with E-state index in [0.29, 0.717) is 26.1 Å². The molecule has 1 amide bonds. The fourth-order valence-corrected chi connectivity index (χ4v) is 4.49. The lowest BCUT2D eigenvalue weighted by Gasteiger charge is -2.30. The highest BCUT2D eigenvalue weighted by molar-refractivity contribution is 7.89. The Hall–Kier alpha value is -1.60. The molecule has 0 N–H and O–H groups in total. The molecule has 1 aliphatic rings. The van der Waals surface area contributed by atoms with Crippen LogP contribution in [0, 0.1) is 6.92 Å². The number of carbonyl (C=O) groups is 1. The van der Waals surface area contributed by atoms with Crippen molar-refractivity contribution >= 4 is 16.1 Å². The summed E-state index contributed by atoms with van der Waals surface area (Å²) in [6, 6.07) is 6.54. The molecule has 1 aromatic carbocycles. The van der Waals surface area contributed by atoms with Crippen molar-refractivity contribution in [1.82, 2.24) is 9.21 Å². The molecule has 1 heterocycles. The molecule has 2 rings (SSSR count). The van der Waals surface area contributed by atoms with E-state index in [0.717, 1.165) is 5.56 Å². The van der Waals surface area contributed by atoms with Crippen molar-refractivity contribution in [3.05, 3.63) is 29.8 Å². The number of sulfonamides is 1. The molecular formula is C18H28N2O4S. The third-order valence-electron chi connectivity index (χ3n) is 4.06. The van der Waals surface area contributed by atoms with E-state index in [1.165, 1.54) is 4.31 Å². The normalized spacial score (nSPS) is 20.2. The van der Waals surface area contributed by atoms with Crippen LogP contribution < -0.4 is 0 Å². The van der Waals surface area contributed by atoms with Gasteiger partial charge >= 0.3 is 6.09 Å². The second-order valence-electron chi connectivity index (χ2n) is 7.56. The molecule has 140 valence electrons. The molecule has 1 aromatic rings. The molecule has 0 bridgehead atoms. The van der Waals surface area contributed by atoms with Crippen LogP contribution in [-0.2, 0) is 14.8 Å². The van der Waals surface area contributed by atoms with Gasteiger partial charge in [0.05, 0.1) is 4.90 Å². The Kier molecular flexibility index (Phi) is 5.79. The first-order chi connectivity index (χ1) is 11.5. The molecule has 7 heteroatoms. The van der Waals surface area contributed by atoms with Gasteiger partial charge in [-0.1, -0.05) is 17.7 Å². The average Bonchev–Trinajstić information content (AvgIpc) is 2.68. The molecule has 0 aliphatic carbocycles. The number of hydrogen-bond donors (Lipinski definition) is 0. The highest BCUT2D eigenvalue weighted by Crippen LogP contribution is 2.22. The third-order valence-corrected chi connectivity index (χ3v) is 6.09. The second kappa shape index (κ2) is 7.33. The predicted octanol–water partition coefficient (Wildman–Crippen LogP) is 3.02. The molecule has 0 spiro atoms. The topological polar surface area (TPSA) is 66.9 Å². The summed E-state index contributed by atoms with van der Waals surface area (Å²) in [5.74, 6) is 0. The molecule has 1 fully saturated rings. The second-order valence-corrected chi connectivity index (χ2v) is 9.45. The fraction of sp³-hybridized carbons (Fsp3) is 0.611. The van der Waals surface area contributed by atoms with Gasteiger partial charge in [-0.2, -0.15) is 4.31 Å². The smallest absolute Gasteiger partial charge is 0.410 e. The van der Waals surface area contributed by atoms with Gasteiger partial charge in [-0.15, -0.1) is 0 Å². The Morgan fingerprint density at radius 3 is 2.32 bits per heavy atom. The van der Waals surface area contributed by atoms with Gasteiger partial charge in [0.1, 0.15) is 5.60 Å². The lowest BCUT2D eigenvalue weighted by atomic mass is 10.2. The number of rotatable bonds is 2. The maximum Gasteiger partial charge on any atom is 0.410 e. The minimum absolute atomic E-state index is 0.288. The molecule has 0 saturated carbocycles. The van der Waals surface area contributed by atoms with Crippen LogP contribution in [0.2, 0.25) is 0 Å². The van der Waals surface area contributed by atoms with Crippen molar-refractivity contribution < 1.29 is 17.9 Å². The zero-order valence-electron chi connectivity index (χ0n) is 15.7. The van der Waals surface area contributed by atoms with Crippen LogP contribution in [0.3, 0.4) is 0 Å². The molecule has 6 nitrogen and oxygen atoms in total. The summed E-state index contributed by atoms with van der Waals surface area (Å²) in [7, 11) is -3.58. The van der Waals surface area contributed by atoms with Crippen LogP contribution >= 0.6 is 0 Å². The van der Waals surface area contributed by atoms with Crippen molar-refractivity contribution in [3.63, 3.8) is 0 Å². The standard InChI is InChI=1S/C18H28N2O4S/c1-14-7-9-16(10-8-14)25(22,23)20-12-6-11-19(13-15(20)2)17(21)24-18(3,4)5/h7-10,15H,6,11-13H2,1-5H3. The monoisotopic (exact) mass is 368 g/mol. The Labute approximate surface area is 150 Å². The summed E-state index contributed by atoms with van der Waals surface area (Å²) in [4.78, 5) is 14.2. The first-order valence-corrected chi connectivity index (χ1v) is 10.0. The van der Waals surface area contributed by atoms with Crippen molar-refractivity contribution in [1.29, 1.82) is 0 Å². The average molecular weight is 368 g/mol. The van der Waals surface area contributed by atoms with Gasteiger partial charge in [-0.05, 0) is 53.2 Å². The molecule has 1 aliphatic heterocycles. The number of amides is 1. The molecule has 0 aromatic heterocycles. The Bertz CT molecular complexity index is 708. The zero-order chi connectivity index (χ0) is 18.8. The van der Waals surface area contributed by atoms with Gasteiger partial charge in [0.25, 0.3) is 0 Å².